The van der Waals surface area contributed by atoms with Gasteiger partial charge in [0, 0.05) is 37.0 Å². The van der Waals surface area contributed by atoms with Crippen LogP contribution in [0.25, 0.3) is 0 Å². The number of benzene rings is 3. The first kappa shape index (κ1) is 33.1. The molecule has 3 aromatic carbocycles. The number of sulfonamides is 1. The maximum Gasteiger partial charge on any atom is 0.243 e. The molecule has 0 bridgehead atoms. The monoisotopic (exact) mass is 611 g/mol. The molecule has 7 nitrogen and oxygen atoms in total. The molecule has 0 aliphatic heterocycles. The molecule has 0 fully saturated rings. The molecule has 0 radical (unpaired) electrons. The first-order valence-corrected chi connectivity index (χ1v) is 16.6. The normalized spacial score (nSPS) is 12.8. The Bertz CT molecular complexity index is 1460. The third-order valence-electron chi connectivity index (χ3n) is 7.53. The number of halogens is 1. The molecule has 3 rings (SSSR count). The van der Waals surface area contributed by atoms with Gasteiger partial charge in [0.1, 0.15) is 6.04 Å². The van der Waals surface area contributed by atoms with E-state index in [4.69, 9.17) is 11.6 Å². The predicted molar refractivity (Wildman–Crippen MR) is 171 cm³/mol. The van der Waals surface area contributed by atoms with Crippen molar-refractivity contribution in [3.8, 4) is 0 Å². The molecule has 226 valence electrons. The Hall–Kier alpha value is -3.36. The Kier molecular flexibility index (Phi) is 12.0. The van der Waals surface area contributed by atoms with Gasteiger partial charge in [0.15, 0.2) is 0 Å². The van der Waals surface area contributed by atoms with Gasteiger partial charge in [0.05, 0.1) is 11.9 Å². The van der Waals surface area contributed by atoms with Gasteiger partial charge in [0.25, 0.3) is 0 Å². The lowest BCUT2D eigenvalue weighted by Crippen LogP contribution is -2.52. The van der Waals surface area contributed by atoms with Crippen LogP contribution >= 0.6 is 11.6 Å². The van der Waals surface area contributed by atoms with Crippen molar-refractivity contribution in [3.05, 3.63) is 100 Å². The van der Waals surface area contributed by atoms with Crippen molar-refractivity contribution in [1.82, 2.24) is 10.2 Å². The molecule has 2 amide bonds. The van der Waals surface area contributed by atoms with Crippen molar-refractivity contribution in [3.63, 3.8) is 0 Å². The van der Waals surface area contributed by atoms with Gasteiger partial charge in [-0.3, -0.25) is 13.9 Å². The largest absolute Gasteiger partial charge is 0.352 e. The van der Waals surface area contributed by atoms with Crippen molar-refractivity contribution in [2.75, 3.05) is 17.1 Å². The van der Waals surface area contributed by atoms with Gasteiger partial charge < -0.3 is 10.2 Å². The van der Waals surface area contributed by atoms with Gasteiger partial charge >= 0.3 is 0 Å². The predicted octanol–water partition coefficient (Wildman–Crippen LogP) is 6.06. The van der Waals surface area contributed by atoms with Crippen LogP contribution in [0.2, 0.25) is 5.02 Å². The number of hydrogen-bond acceptors (Lipinski definition) is 4. The highest BCUT2D eigenvalue weighted by molar-refractivity contribution is 7.92. The van der Waals surface area contributed by atoms with Crippen molar-refractivity contribution < 1.29 is 18.0 Å². The van der Waals surface area contributed by atoms with E-state index in [1.54, 1.807) is 30.0 Å². The topological polar surface area (TPSA) is 86.8 Å². The Morgan fingerprint density at radius 2 is 1.62 bits per heavy atom. The van der Waals surface area contributed by atoms with E-state index in [-0.39, 0.29) is 43.8 Å². The number of carbonyl (C=O) groups excluding carboxylic acids is 2. The molecule has 0 aliphatic carbocycles. The fourth-order valence-corrected chi connectivity index (χ4v) is 6.00. The number of nitrogens with zero attached hydrogens (tertiary/aromatic N) is 2. The van der Waals surface area contributed by atoms with E-state index in [0.717, 1.165) is 29.4 Å². The maximum absolute atomic E-state index is 14.0. The minimum atomic E-state index is -3.63. The molecule has 0 heterocycles. The zero-order chi connectivity index (χ0) is 30.9. The second-order valence-corrected chi connectivity index (χ2v) is 13.1. The van der Waals surface area contributed by atoms with Crippen LogP contribution in [0.15, 0.2) is 72.8 Å². The Balaban J connectivity index is 1.92. The molecule has 3 aromatic rings. The summed E-state index contributed by atoms with van der Waals surface area (Å²) in [5.74, 6) is -0.419. The van der Waals surface area contributed by atoms with Crippen LogP contribution in [-0.2, 0) is 32.6 Å². The van der Waals surface area contributed by atoms with Crippen LogP contribution in [0, 0.1) is 13.8 Å². The molecule has 0 aliphatic rings. The van der Waals surface area contributed by atoms with Gasteiger partial charge in [-0.25, -0.2) is 8.42 Å². The molecule has 1 N–H and O–H groups in total. The van der Waals surface area contributed by atoms with Crippen LogP contribution in [0.5, 0.6) is 0 Å². The summed E-state index contributed by atoms with van der Waals surface area (Å²) in [6.07, 6.45) is 2.61. The lowest BCUT2D eigenvalue weighted by atomic mass is 10.0. The average molecular weight is 612 g/mol. The number of carbonyl (C=O) groups is 2. The van der Waals surface area contributed by atoms with Crippen LogP contribution in [0.4, 0.5) is 5.69 Å². The van der Waals surface area contributed by atoms with E-state index in [0.29, 0.717) is 22.7 Å². The van der Waals surface area contributed by atoms with E-state index < -0.39 is 16.1 Å². The van der Waals surface area contributed by atoms with Crippen molar-refractivity contribution in [1.29, 1.82) is 0 Å². The Morgan fingerprint density at radius 1 is 0.952 bits per heavy atom. The van der Waals surface area contributed by atoms with E-state index in [2.05, 4.69) is 5.32 Å². The molecule has 2 atom stereocenters. The average Bonchev–Trinajstić information content (AvgIpc) is 2.95. The summed E-state index contributed by atoms with van der Waals surface area (Å²) in [7, 11) is -3.63. The van der Waals surface area contributed by atoms with Gasteiger partial charge in [-0.2, -0.15) is 0 Å². The molecule has 0 aromatic heterocycles. The number of hydrogen-bond donors (Lipinski definition) is 1. The summed E-state index contributed by atoms with van der Waals surface area (Å²) in [4.78, 5) is 29.4. The molecule has 42 heavy (non-hydrogen) atoms. The third kappa shape index (κ3) is 9.07. The highest BCUT2D eigenvalue weighted by atomic mass is 35.5. The summed E-state index contributed by atoms with van der Waals surface area (Å²) in [6.45, 7) is 8.08. The maximum atomic E-state index is 14.0. The number of nitrogens with one attached hydrogen (secondary N) is 1. The molecule has 0 saturated carbocycles. The van der Waals surface area contributed by atoms with Crippen LogP contribution < -0.4 is 9.62 Å². The number of rotatable bonds is 14. The standard InChI is InChI=1S/C33H42ClN3O4S/c1-6-25(3)35-33(39)31(22-27-15-8-7-9-16-27)36(23-28-17-11-10-14-24(28)2)32(38)20-13-21-37(42(5,40)41)30-19-12-18-29(34)26(30)4/h7-12,14-19,25,31H,6,13,20-23H2,1-5H3,(H,35,39)/t25-,31+/m0/s1. The molecular formula is C33H42ClN3O4S. The smallest absolute Gasteiger partial charge is 0.243 e. The summed E-state index contributed by atoms with van der Waals surface area (Å²) in [5.41, 5.74) is 4.07. The van der Waals surface area contributed by atoms with Crippen LogP contribution in [-0.4, -0.2) is 50.0 Å². The van der Waals surface area contributed by atoms with Gasteiger partial charge in [-0.15, -0.1) is 0 Å². The Labute approximate surface area is 255 Å². The molecule has 0 unspecified atom stereocenters. The Morgan fingerprint density at radius 3 is 2.26 bits per heavy atom. The summed E-state index contributed by atoms with van der Waals surface area (Å²) in [6, 6.07) is 21.8. The zero-order valence-electron chi connectivity index (χ0n) is 25.1. The number of amides is 2. The van der Waals surface area contributed by atoms with Gasteiger partial charge in [0.2, 0.25) is 21.8 Å². The second kappa shape index (κ2) is 15.2. The zero-order valence-corrected chi connectivity index (χ0v) is 26.7. The van der Waals surface area contributed by atoms with E-state index in [9.17, 15) is 18.0 Å². The molecular weight excluding hydrogens is 570 g/mol. The van der Waals surface area contributed by atoms with Crippen molar-refractivity contribution in [2.45, 2.75) is 72.0 Å². The number of anilines is 1. The SMILES string of the molecule is CC[C@H](C)NC(=O)[C@@H](Cc1ccccc1)N(Cc1ccccc1C)C(=O)CCCN(c1cccc(Cl)c1C)S(C)(=O)=O. The molecule has 0 saturated heterocycles. The minimum absolute atomic E-state index is 0.0459. The molecule has 9 heteroatoms. The summed E-state index contributed by atoms with van der Waals surface area (Å²) >= 11 is 6.28. The van der Waals surface area contributed by atoms with Crippen molar-refractivity contribution in [2.24, 2.45) is 0 Å². The van der Waals surface area contributed by atoms with Gasteiger partial charge in [-0.05, 0) is 68.0 Å². The van der Waals surface area contributed by atoms with E-state index in [1.165, 1.54) is 4.31 Å². The highest BCUT2D eigenvalue weighted by Gasteiger charge is 2.31. The minimum Gasteiger partial charge on any atom is -0.352 e. The fourth-order valence-electron chi connectivity index (χ4n) is 4.81. The van der Waals surface area contributed by atoms with E-state index in [1.807, 2.05) is 75.4 Å². The summed E-state index contributed by atoms with van der Waals surface area (Å²) < 4.78 is 26.8. The van der Waals surface area contributed by atoms with E-state index >= 15 is 0 Å². The number of aryl methyl sites for hydroxylation is 1. The van der Waals surface area contributed by atoms with Crippen LogP contribution in [0.1, 0.15) is 55.4 Å². The second-order valence-electron chi connectivity index (χ2n) is 10.8. The quantitative estimate of drug-likeness (QED) is 0.240. The molecule has 0 spiro atoms. The highest BCUT2D eigenvalue weighted by Crippen LogP contribution is 2.28. The lowest BCUT2D eigenvalue weighted by Gasteiger charge is -2.33. The summed E-state index contributed by atoms with van der Waals surface area (Å²) in [5, 5.41) is 3.55. The fraction of sp³-hybridized carbons (Fsp3) is 0.394. The first-order chi connectivity index (χ1) is 19.9. The lowest BCUT2D eigenvalue weighted by molar-refractivity contribution is -0.141. The van der Waals surface area contributed by atoms with Crippen molar-refractivity contribution >= 4 is 39.1 Å². The first-order valence-electron chi connectivity index (χ1n) is 14.3. The third-order valence-corrected chi connectivity index (χ3v) is 9.12. The van der Waals surface area contributed by atoms with Gasteiger partial charge in [-0.1, -0.05) is 79.2 Å². The van der Waals surface area contributed by atoms with Crippen LogP contribution in [0.3, 0.4) is 0 Å².